The van der Waals surface area contributed by atoms with Crippen LogP contribution in [0.25, 0.3) is 0 Å². The Hall–Kier alpha value is -1.42. The first-order valence-electron chi connectivity index (χ1n) is 7.13. The maximum absolute atomic E-state index is 13.9. The number of hydrogen-bond acceptors (Lipinski definition) is 2. The topological polar surface area (TPSA) is 38.0 Å². The molecule has 0 spiro atoms. The number of nitrogens with two attached hydrogens (primary N) is 1. The van der Waals surface area contributed by atoms with Gasteiger partial charge in [-0.25, -0.2) is 4.39 Å². The third kappa shape index (κ3) is 4.81. The molecule has 0 bridgehead atoms. The highest BCUT2D eigenvalue weighted by atomic mass is 35.5. The average Bonchev–Trinajstić information content (AvgIpc) is 2.51. The lowest BCUT2D eigenvalue weighted by molar-refractivity contribution is 0.467. The van der Waals surface area contributed by atoms with E-state index in [9.17, 15) is 4.39 Å². The maximum Gasteiger partial charge on any atom is 0.145 e. The van der Waals surface area contributed by atoms with Gasteiger partial charge in [0.2, 0.25) is 0 Å². The van der Waals surface area contributed by atoms with Crippen molar-refractivity contribution in [2.24, 2.45) is 5.84 Å². The van der Waals surface area contributed by atoms with Gasteiger partial charge < -0.3 is 0 Å². The van der Waals surface area contributed by atoms with Crippen molar-refractivity contribution in [3.63, 3.8) is 0 Å². The van der Waals surface area contributed by atoms with E-state index in [1.165, 1.54) is 5.56 Å². The zero-order valence-corrected chi connectivity index (χ0v) is 12.6. The van der Waals surface area contributed by atoms with Crippen LogP contribution in [-0.2, 0) is 12.8 Å². The van der Waals surface area contributed by atoms with Crippen LogP contribution in [0.1, 0.15) is 24.0 Å². The van der Waals surface area contributed by atoms with Crippen molar-refractivity contribution in [1.29, 1.82) is 0 Å². The molecule has 2 aromatic carbocycles. The van der Waals surface area contributed by atoms with Crippen molar-refractivity contribution in [2.75, 3.05) is 0 Å². The molecule has 0 saturated carbocycles. The molecule has 0 heterocycles. The molecule has 0 aliphatic heterocycles. The Balaban J connectivity index is 1.87. The van der Waals surface area contributed by atoms with Gasteiger partial charge in [0.05, 0.1) is 5.02 Å². The molecule has 4 heteroatoms. The number of aryl methyl sites for hydroxylation is 1. The van der Waals surface area contributed by atoms with Crippen molar-refractivity contribution in [1.82, 2.24) is 5.43 Å². The molecule has 21 heavy (non-hydrogen) atoms. The molecule has 2 rings (SSSR count). The SMILES string of the molecule is NNC(CCCc1ccccc1)Cc1cccc(Cl)c1F. The Kier molecular flexibility index (Phi) is 6.18. The largest absolute Gasteiger partial charge is 0.271 e. The van der Waals surface area contributed by atoms with Crippen LogP contribution >= 0.6 is 11.6 Å². The second-order valence-electron chi connectivity index (χ2n) is 5.16. The van der Waals surface area contributed by atoms with Gasteiger partial charge in [-0.2, -0.15) is 0 Å². The predicted octanol–water partition coefficient (Wildman–Crippen LogP) is 3.88. The molecule has 112 valence electrons. The zero-order chi connectivity index (χ0) is 15.1. The Morgan fingerprint density at radius 1 is 1.10 bits per heavy atom. The van der Waals surface area contributed by atoms with E-state index < -0.39 is 0 Å². The van der Waals surface area contributed by atoms with E-state index in [0.29, 0.717) is 12.0 Å². The fraction of sp³-hybridized carbons (Fsp3) is 0.294. The highest BCUT2D eigenvalue weighted by molar-refractivity contribution is 6.30. The normalized spacial score (nSPS) is 12.3. The number of hydrogen-bond donors (Lipinski definition) is 2. The van der Waals surface area contributed by atoms with E-state index in [2.05, 4.69) is 17.6 Å². The molecule has 0 amide bonds. The molecule has 0 radical (unpaired) electrons. The molecule has 0 aromatic heterocycles. The number of hydrazine groups is 1. The molecule has 0 saturated heterocycles. The smallest absolute Gasteiger partial charge is 0.145 e. The van der Waals surface area contributed by atoms with Crippen LogP contribution in [-0.4, -0.2) is 6.04 Å². The van der Waals surface area contributed by atoms with Crippen LogP contribution in [0.15, 0.2) is 48.5 Å². The number of rotatable bonds is 7. The highest BCUT2D eigenvalue weighted by Gasteiger charge is 2.12. The Bertz CT molecular complexity index is 560. The molecular weight excluding hydrogens is 287 g/mol. The lowest BCUT2D eigenvalue weighted by atomic mass is 9.99. The zero-order valence-electron chi connectivity index (χ0n) is 11.9. The van der Waals surface area contributed by atoms with E-state index in [1.54, 1.807) is 18.2 Å². The predicted molar refractivity (Wildman–Crippen MR) is 85.6 cm³/mol. The summed E-state index contributed by atoms with van der Waals surface area (Å²) in [7, 11) is 0. The summed E-state index contributed by atoms with van der Waals surface area (Å²) in [6.45, 7) is 0. The number of benzene rings is 2. The van der Waals surface area contributed by atoms with E-state index in [0.717, 1.165) is 19.3 Å². The van der Waals surface area contributed by atoms with E-state index in [4.69, 9.17) is 17.4 Å². The molecular formula is C17H20ClFN2. The Morgan fingerprint density at radius 2 is 1.86 bits per heavy atom. The van der Waals surface area contributed by atoms with Crippen LogP contribution in [0.2, 0.25) is 5.02 Å². The number of nitrogens with one attached hydrogen (secondary N) is 1. The first kappa shape index (κ1) is 16.0. The summed E-state index contributed by atoms with van der Waals surface area (Å²) in [5.74, 6) is 5.24. The summed E-state index contributed by atoms with van der Waals surface area (Å²) < 4.78 is 13.9. The van der Waals surface area contributed by atoms with Gasteiger partial charge in [-0.15, -0.1) is 0 Å². The second-order valence-corrected chi connectivity index (χ2v) is 5.57. The first-order valence-corrected chi connectivity index (χ1v) is 7.51. The summed E-state index contributed by atoms with van der Waals surface area (Å²) >= 11 is 5.80. The molecule has 2 aromatic rings. The van der Waals surface area contributed by atoms with Crippen molar-refractivity contribution in [3.8, 4) is 0 Å². The van der Waals surface area contributed by atoms with Crippen molar-refractivity contribution in [3.05, 3.63) is 70.5 Å². The lowest BCUT2D eigenvalue weighted by Gasteiger charge is -2.16. The summed E-state index contributed by atoms with van der Waals surface area (Å²) in [5, 5.41) is 0.160. The van der Waals surface area contributed by atoms with Crippen molar-refractivity contribution in [2.45, 2.75) is 31.7 Å². The molecule has 0 fully saturated rings. The molecule has 2 nitrogen and oxygen atoms in total. The maximum atomic E-state index is 13.9. The second kappa shape index (κ2) is 8.13. The third-order valence-electron chi connectivity index (χ3n) is 3.59. The minimum atomic E-state index is -0.345. The molecule has 3 N–H and O–H groups in total. The van der Waals surface area contributed by atoms with E-state index in [-0.39, 0.29) is 16.9 Å². The lowest BCUT2D eigenvalue weighted by Crippen LogP contribution is -2.37. The third-order valence-corrected chi connectivity index (χ3v) is 3.89. The van der Waals surface area contributed by atoms with Crippen LogP contribution < -0.4 is 11.3 Å². The van der Waals surface area contributed by atoms with Gasteiger partial charge in [0.15, 0.2) is 0 Å². The molecule has 1 unspecified atom stereocenters. The van der Waals surface area contributed by atoms with Gasteiger partial charge in [0.1, 0.15) is 5.82 Å². The first-order chi connectivity index (χ1) is 10.2. The van der Waals surface area contributed by atoms with Crippen LogP contribution in [0.4, 0.5) is 4.39 Å². The average molecular weight is 307 g/mol. The fourth-order valence-electron chi connectivity index (χ4n) is 2.41. The summed E-state index contributed by atoms with van der Waals surface area (Å²) in [6.07, 6.45) is 3.42. The summed E-state index contributed by atoms with van der Waals surface area (Å²) in [5.41, 5.74) is 4.68. The van der Waals surface area contributed by atoms with Crippen molar-refractivity contribution < 1.29 is 4.39 Å². The highest BCUT2D eigenvalue weighted by Crippen LogP contribution is 2.20. The van der Waals surface area contributed by atoms with Crippen LogP contribution in [0.3, 0.4) is 0 Å². The van der Waals surface area contributed by atoms with Gasteiger partial charge >= 0.3 is 0 Å². The van der Waals surface area contributed by atoms with Gasteiger partial charge in [0.25, 0.3) is 0 Å². The Morgan fingerprint density at radius 3 is 2.57 bits per heavy atom. The van der Waals surface area contributed by atoms with Crippen LogP contribution in [0.5, 0.6) is 0 Å². The Labute approximate surface area is 130 Å². The minimum absolute atomic E-state index is 0.0432. The number of halogens is 2. The van der Waals surface area contributed by atoms with Gasteiger partial charge in [-0.3, -0.25) is 11.3 Å². The van der Waals surface area contributed by atoms with E-state index in [1.807, 2.05) is 18.2 Å². The molecule has 0 aliphatic carbocycles. The fourth-order valence-corrected chi connectivity index (χ4v) is 2.61. The quantitative estimate of drug-likeness (QED) is 0.602. The standard InChI is InChI=1S/C17H20ClFN2/c18-16-11-5-9-14(17(16)19)12-15(21-20)10-4-8-13-6-2-1-3-7-13/h1-3,5-7,9,11,15,21H,4,8,10,12,20H2. The van der Waals surface area contributed by atoms with Gasteiger partial charge in [0, 0.05) is 6.04 Å². The minimum Gasteiger partial charge on any atom is -0.271 e. The monoisotopic (exact) mass is 306 g/mol. The van der Waals surface area contributed by atoms with Gasteiger partial charge in [-0.05, 0) is 42.9 Å². The van der Waals surface area contributed by atoms with E-state index >= 15 is 0 Å². The summed E-state index contributed by atoms with van der Waals surface area (Å²) in [4.78, 5) is 0. The molecule has 0 aliphatic rings. The summed E-state index contributed by atoms with van der Waals surface area (Å²) in [6, 6.07) is 15.4. The molecule has 1 atom stereocenters. The van der Waals surface area contributed by atoms with Crippen LogP contribution in [0, 0.1) is 5.82 Å². The van der Waals surface area contributed by atoms with Gasteiger partial charge in [-0.1, -0.05) is 54.1 Å². The van der Waals surface area contributed by atoms with Crippen molar-refractivity contribution >= 4 is 11.6 Å².